The first-order valence-electron chi connectivity index (χ1n) is 6.64. The van der Waals surface area contributed by atoms with Gasteiger partial charge in [0.15, 0.2) is 0 Å². The molecule has 18 heavy (non-hydrogen) atoms. The van der Waals surface area contributed by atoms with Crippen LogP contribution in [0.2, 0.25) is 0 Å². The molecule has 1 aliphatic rings. The largest absolute Gasteiger partial charge is 0.352 e. The maximum atomic E-state index is 11.9. The number of aromatic nitrogens is 2. The number of nitrogens with zero attached hydrogens (tertiary/aromatic N) is 2. The summed E-state index contributed by atoms with van der Waals surface area (Å²) >= 11 is 0. The van der Waals surface area contributed by atoms with E-state index in [0.717, 1.165) is 12.8 Å². The van der Waals surface area contributed by atoms with Crippen LogP contribution in [0.3, 0.4) is 0 Å². The highest BCUT2D eigenvalue weighted by Gasteiger charge is 2.17. The van der Waals surface area contributed by atoms with Gasteiger partial charge >= 0.3 is 5.69 Å². The van der Waals surface area contributed by atoms with Crippen molar-refractivity contribution in [2.75, 3.05) is 0 Å². The molecular weight excluding hydrogens is 230 g/mol. The molecule has 5 heteroatoms. The Kier molecular flexibility index (Phi) is 3.89. The van der Waals surface area contributed by atoms with Gasteiger partial charge in [0.1, 0.15) is 6.54 Å². The summed E-state index contributed by atoms with van der Waals surface area (Å²) in [6.07, 6.45) is 7.91. The van der Waals surface area contributed by atoms with E-state index in [1.54, 1.807) is 17.0 Å². The third-order valence-electron chi connectivity index (χ3n) is 3.46. The van der Waals surface area contributed by atoms with Gasteiger partial charge in [-0.2, -0.15) is 0 Å². The molecule has 1 aliphatic carbocycles. The van der Waals surface area contributed by atoms with E-state index in [9.17, 15) is 9.59 Å². The van der Waals surface area contributed by atoms with Gasteiger partial charge in [-0.25, -0.2) is 4.79 Å². The Morgan fingerprint density at radius 2 is 2.06 bits per heavy atom. The molecule has 0 radical (unpaired) electrons. The van der Waals surface area contributed by atoms with Crippen molar-refractivity contribution in [2.45, 2.75) is 58.2 Å². The molecule has 0 atom stereocenters. The Bertz CT molecular complexity index is 467. The van der Waals surface area contributed by atoms with Crippen molar-refractivity contribution in [3.8, 4) is 0 Å². The molecule has 1 amide bonds. The van der Waals surface area contributed by atoms with E-state index in [4.69, 9.17) is 0 Å². The van der Waals surface area contributed by atoms with Crippen molar-refractivity contribution in [2.24, 2.45) is 0 Å². The molecule has 0 spiro atoms. The summed E-state index contributed by atoms with van der Waals surface area (Å²) in [4.78, 5) is 23.7. The first kappa shape index (κ1) is 12.9. The van der Waals surface area contributed by atoms with Gasteiger partial charge in [-0.1, -0.05) is 12.8 Å². The van der Waals surface area contributed by atoms with Gasteiger partial charge in [0.25, 0.3) is 0 Å². The second-order valence-electron chi connectivity index (χ2n) is 5.26. The normalized spacial score (nSPS) is 16.4. The molecule has 0 saturated heterocycles. The molecule has 0 bridgehead atoms. The number of carbonyl (C=O) groups excluding carboxylic acids is 1. The fraction of sp³-hybridized carbons (Fsp3) is 0.692. The Morgan fingerprint density at radius 1 is 1.39 bits per heavy atom. The molecule has 5 nitrogen and oxygen atoms in total. The SMILES string of the molecule is CC(C)n1ccn(CC(=O)NC2CCCC2)c1=O. The predicted octanol–water partition coefficient (Wildman–Crippen LogP) is 1.29. The van der Waals surface area contributed by atoms with Gasteiger partial charge in [0, 0.05) is 24.5 Å². The Morgan fingerprint density at radius 3 is 2.61 bits per heavy atom. The van der Waals surface area contributed by atoms with Crippen molar-refractivity contribution >= 4 is 5.91 Å². The van der Waals surface area contributed by atoms with Gasteiger partial charge in [0.05, 0.1) is 0 Å². The van der Waals surface area contributed by atoms with E-state index in [-0.39, 0.29) is 24.2 Å². The molecule has 1 saturated carbocycles. The van der Waals surface area contributed by atoms with Crippen molar-refractivity contribution in [3.63, 3.8) is 0 Å². The highest BCUT2D eigenvalue weighted by atomic mass is 16.2. The van der Waals surface area contributed by atoms with Crippen LogP contribution in [-0.2, 0) is 11.3 Å². The van der Waals surface area contributed by atoms with Crippen LogP contribution in [-0.4, -0.2) is 21.1 Å². The van der Waals surface area contributed by atoms with Crippen molar-refractivity contribution < 1.29 is 4.79 Å². The summed E-state index contributed by atoms with van der Waals surface area (Å²) in [6.45, 7) is 4.02. The molecular formula is C13H21N3O2. The topological polar surface area (TPSA) is 56.0 Å². The van der Waals surface area contributed by atoms with Gasteiger partial charge < -0.3 is 5.32 Å². The zero-order valence-corrected chi connectivity index (χ0v) is 11.1. The fourth-order valence-corrected chi connectivity index (χ4v) is 2.44. The fourth-order valence-electron chi connectivity index (χ4n) is 2.44. The third kappa shape index (κ3) is 2.83. The standard InChI is InChI=1S/C13H21N3O2/c1-10(2)16-8-7-15(13(16)18)9-12(17)14-11-5-3-4-6-11/h7-8,10-11H,3-6,9H2,1-2H3,(H,14,17). The first-order valence-corrected chi connectivity index (χ1v) is 6.64. The summed E-state index contributed by atoms with van der Waals surface area (Å²) in [5, 5.41) is 2.99. The van der Waals surface area contributed by atoms with Gasteiger partial charge in [0.2, 0.25) is 5.91 Å². The van der Waals surface area contributed by atoms with Crippen LogP contribution >= 0.6 is 0 Å². The van der Waals surface area contributed by atoms with Crippen LogP contribution in [0.1, 0.15) is 45.6 Å². The maximum Gasteiger partial charge on any atom is 0.328 e. The summed E-state index contributed by atoms with van der Waals surface area (Å²) in [5.41, 5.74) is -0.119. The van der Waals surface area contributed by atoms with E-state index in [1.807, 2.05) is 13.8 Å². The highest BCUT2D eigenvalue weighted by molar-refractivity contribution is 5.76. The summed E-state index contributed by atoms with van der Waals surface area (Å²) in [6, 6.07) is 0.428. The minimum atomic E-state index is -0.119. The molecule has 0 unspecified atom stereocenters. The molecule has 0 aromatic carbocycles. The number of amides is 1. The Labute approximate surface area is 107 Å². The Hall–Kier alpha value is -1.52. The maximum absolute atomic E-state index is 11.9. The quantitative estimate of drug-likeness (QED) is 0.876. The number of hydrogen-bond acceptors (Lipinski definition) is 2. The summed E-state index contributed by atoms with van der Waals surface area (Å²) < 4.78 is 3.09. The van der Waals surface area contributed by atoms with Crippen LogP contribution < -0.4 is 11.0 Å². The zero-order chi connectivity index (χ0) is 13.1. The smallest absolute Gasteiger partial charge is 0.328 e. The van der Waals surface area contributed by atoms with Crippen LogP contribution in [0.4, 0.5) is 0 Å². The number of imidazole rings is 1. The van der Waals surface area contributed by atoms with Gasteiger partial charge in [-0.3, -0.25) is 13.9 Å². The molecule has 1 fully saturated rings. The molecule has 0 aliphatic heterocycles. The summed E-state index contributed by atoms with van der Waals surface area (Å²) in [7, 11) is 0. The predicted molar refractivity (Wildman–Crippen MR) is 69.5 cm³/mol. The van der Waals surface area contributed by atoms with E-state index >= 15 is 0 Å². The van der Waals surface area contributed by atoms with Crippen molar-refractivity contribution in [1.29, 1.82) is 0 Å². The molecule has 1 heterocycles. The van der Waals surface area contributed by atoms with Crippen LogP contribution in [0.15, 0.2) is 17.2 Å². The van der Waals surface area contributed by atoms with Crippen LogP contribution in [0.5, 0.6) is 0 Å². The molecule has 1 aromatic heterocycles. The lowest BCUT2D eigenvalue weighted by Gasteiger charge is -2.11. The lowest BCUT2D eigenvalue weighted by atomic mass is 10.2. The monoisotopic (exact) mass is 251 g/mol. The van der Waals surface area contributed by atoms with E-state index < -0.39 is 0 Å². The molecule has 1 aromatic rings. The number of hydrogen-bond donors (Lipinski definition) is 1. The number of carbonyl (C=O) groups is 1. The molecule has 100 valence electrons. The van der Waals surface area contributed by atoms with Gasteiger partial charge in [-0.15, -0.1) is 0 Å². The molecule has 1 N–H and O–H groups in total. The summed E-state index contributed by atoms with van der Waals surface area (Å²) in [5.74, 6) is -0.0643. The lowest BCUT2D eigenvalue weighted by molar-refractivity contribution is -0.122. The highest BCUT2D eigenvalue weighted by Crippen LogP contribution is 2.17. The second kappa shape index (κ2) is 5.42. The van der Waals surface area contributed by atoms with E-state index in [1.165, 1.54) is 17.4 Å². The van der Waals surface area contributed by atoms with Crippen LogP contribution in [0.25, 0.3) is 0 Å². The van der Waals surface area contributed by atoms with Crippen molar-refractivity contribution in [3.05, 3.63) is 22.9 Å². The zero-order valence-electron chi connectivity index (χ0n) is 11.1. The third-order valence-corrected chi connectivity index (χ3v) is 3.46. The Balaban J connectivity index is 1.96. The minimum Gasteiger partial charge on any atom is -0.352 e. The average molecular weight is 251 g/mol. The van der Waals surface area contributed by atoms with E-state index in [2.05, 4.69) is 5.32 Å². The molecule has 2 rings (SSSR count). The van der Waals surface area contributed by atoms with Crippen LogP contribution in [0, 0.1) is 0 Å². The number of rotatable bonds is 4. The average Bonchev–Trinajstić information content (AvgIpc) is 2.90. The minimum absolute atomic E-state index is 0.0643. The number of nitrogens with one attached hydrogen (secondary N) is 1. The van der Waals surface area contributed by atoms with Gasteiger partial charge in [-0.05, 0) is 26.7 Å². The first-order chi connectivity index (χ1) is 8.58. The van der Waals surface area contributed by atoms with E-state index in [0.29, 0.717) is 6.04 Å². The second-order valence-corrected chi connectivity index (χ2v) is 5.26. The van der Waals surface area contributed by atoms with Crippen molar-refractivity contribution in [1.82, 2.24) is 14.5 Å². The lowest BCUT2D eigenvalue weighted by Crippen LogP contribution is -2.37.